The van der Waals surface area contributed by atoms with Crippen LogP contribution in [0.1, 0.15) is 60.2 Å². The lowest BCUT2D eigenvalue weighted by atomic mass is 9.93. The fourth-order valence-corrected chi connectivity index (χ4v) is 3.78. The summed E-state index contributed by atoms with van der Waals surface area (Å²) in [6.45, 7) is 1.96. The SMILES string of the molecule is c1nc2c(c(N3CC(c4ncc(C5CC5)cn4)C3)n1)CCCC2. The van der Waals surface area contributed by atoms with Gasteiger partial charge in [-0.05, 0) is 50.0 Å². The van der Waals surface area contributed by atoms with Gasteiger partial charge in [-0.2, -0.15) is 0 Å². The van der Waals surface area contributed by atoms with E-state index in [2.05, 4.69) is 24.8 Å². The highest BCUT2D eigenvalue weighted by Crippen LogP contribution is 2.40. The summed E-state index contributed by atoms with van der Waals surface area (Å²) in [7, 11) is 0. The Balaban J connectivity index is 1.31. The van der Waals surface area contributed by atoms with Crippen LogP contribution in [0.25, 0.3) is 0 Å². The van der Waals surface area contributed by atoms with E-state index in [1.54, 1.807) is 6.33 Å². The lowest BCUT2D eigenvalue weighted by molar-refractivity contribution is 0.491. The maximum Gasteiger partial charge on any atom is 0.135 e. The zero-order valence-electron chi connectivity index (χ0n) is 13.3. The molecule has 118 valence electrons. The van der Waals surface area contributed by atoms with Crippen LogP contribution in [0.5, 0.6) is 0 Å². The highest BCUT2D eigenvalue weighted by molar-refractivity contribution is 5.52. The average molecular weight is 307 g/mol. The molecule has 3 aliphatic rings. The summed E-state index contributed by atoms with van der Waals surface area (Å²) >= 11 is 0. The average Bonchev–Trinajstić information content (AvgIpc) is 3.39. The second-order valence-corrected chi connectivity index (χ2v) is 7.08. The van der Waals surface area contributed by atoms with Crippen LogP contribution in [0.3, 0.4) is 0 Å². The van der Waals surface area contributed by atoms with E-state index in [4.69, 9.17) is 0 Å². The molecule has 2 aromatic rings. The molecule has 5 heteroatoms. The fraction of sp³-hybridized carbons (Fsp3) is 0.556. The number of hydrogen-bond acceptors (Lipinski definition) is 5. The van der Waals surface area contributed by atoms with Crippen LogP contribution in [0, 0.1) is 0 Å². The normalized spacial score (nSPS) is 21.0. The minimum atomic E-state index is 0.442. The molecule has 0 atom stereocenters. The van der Waals surface area contributed by atoms with Crippen molar-refractivity contribution in [2.75, 3.05) is 18.0 Å². The van der Waals surface area contributed by atoms with Crippen molar-refractivity contribution in [3.8, 4) is 0 Å². The molecule has 1 saturated heterocycles. The first kappa shape index (κ1) is 13.4. The van der Waals surface area contributed by atoms with E-state index in [0.29, 0.717) is 5.92 Å². The van der Waals surface area contributed by atoms with Gasteiger partial charge in [-0.15, -0.1) is 0 Å². The van der Waals surface area contributed by atoms with Crippen molar-refractivity contribution in [2.45, 2.75) is 50.4 Å². The van der Waals surface area contributed by atoms with Crippen molar-refractivity contribution in [2.24, 2.45) is 0 Å². The third-order valence-corrected chi connectivity index (χ3v) is 5.39. The lowest BCUT2D eigenvalue weighted by Crippen LogP contribution is -2.47. The van der Waals surface area contributed by atoms with Crippen LogP contribution in [0.15, 0.2) is 18.7 Å². The summed E-state index contributed by atoms with van der Waals surface area (Å²) in [6.07, 6.45) is 13.2. The van der Waals surface area contributed by atoms with Gasteiger partial charge in [0.2, 0.25) is 0 Å². The molecule has 3 heterocycles. The molecular weight excluding hydrogens is 286 g/mol. The Hall–Kier alpha value is -2.04. The van der Waals surface area contributed by atoms with Crippen molar-refractivity contribution in [1.29, 1.82) is 0 Å². The van der Waals surface area contributed by atoms with E-state index in [1.165, 1.54) is 42.5 Å². The van der Waals surface area contributed by atoms with Gasteiger partial charge in [-0.3, -0.25) is 0 Å². The second kappa shape index (κ2) is 5.25. The van der Waals surface area contributed by atoms with E-state index in [9.17, 15) is 0 Å². The Labute approximate surface area is 136 Å². The standard InChI is InChI=1S/C18H21N5/c1-2-4-16-15(3-1)18(22-11-21-16)23-9-14(10-23)17-19-7-13(8-20-17)12-5-6-12/h7-8,11-12,14H,1-6,9-10H2. The largest absolute Gasteiger partial charge is 0.355 e. The number of anilines is 1. The molecule has 1 aliphatic heterocycles. The molecule has 5 rings (SSSR count). The van der Waals surface area contributed by atoms with Crippen LogP contribution < -0.4 is 4.90 Å². The third kappa shape index (κ3) is 2.38. The topological polar surface area (TPSA) is 54.8 Å². The quantitative estimate of drug-likeness (QED) is 0.872. The van der Waals surface area contributed by atoms with Gasteiger partial charge in [-0.25, -0.2) is 19.9 Å². The van der Waals surface area contributed by atoms with Crippen molar-refractivity contribution in [3.05, 3.63) is 41.4 Å². The van der Waals surface area contributed by atoms with E-state index in [0.717, 1.165) is 43.5 Å². The molecule has 0 aromatic carbocycles. The molecule has 2 aromatic heterocycles. The van der Waals surface area contributed by atoms with Crippen molar-refractivity contribution < 1.29 is 0 Å². The maximum atomic E-state index is 4.61. The predicted molar refractivity (Wildman–Crippen MR) is 87.6 cm³/mol. The predicted octanol–water partition coefficient (Wildman–Crippen LogP) is 2.63. The number of hydrogen-bond donors (Lipinski definition) is 0. The number of rotatable bonds is 3. The summed E-state index contributed by atoms with van der Waals surface area (Å²) < 4.78 is 0. The zero-order valence-corrected chi connectivity index (χ0v) is 13.3. The van der Waals surface area contributed by atoms with Crippen LogP contribution in [0.4, 0.5) is 5.82 Å². The molecule has 0 amide bonds. The molecule has 2 fully saturated rings. The summed E-state index contributed by atoms with van der Waals surface area (Å²) in [6, 6.07) is 0. The van der Waals surface area contributed by atoms with Crippen LogP contribution in [-0.2, 0) is 12.8 Å². The first-order valence-electron chi connectivity index (χ1n) is 8.78. The Kier molecular flexibility index (Phi) is 3.06. The van der Waals surface area contributed by atoms with Crippen molar-refractivity contribution >= 4 is 5.82 Å². The van der Waals surface area contributed by atoms with Gasteiger partial charge in [0.05, 0.1) is 5.92 Å². The Bertz CT molecular complexity index is 717. The first-order valence-corrected chi connectivity index (χ1v) is 8.78. The first-order chi connectivity index (χ1) is 11.4. The minimum Gasteiger partial charge on any atom is -0.355 e. The summed E-state index contributed by atoms with van der Waals surface area (Å²) in [5.41, 5.74) is 3.95. The molecule has 0 unspecified atom stereocenters. The van der Waals surface area contributed by atoms with Gasteiger partial charge in [0.15, 0.2) is 0 Å². The highest BCUT2D eigenvalue weighted by Gasteiger charge is 2.34. The lowest BCUT2D eigenvalue weighted by Gasteiger charge is -2.40. The third-order valence-electron chi connectivity index (χ3n) is 5.39. The number of fused-ring (bicyclic) bond motifs is 1. The second-order valence-electron chi connectivity index (χ2n) is 7.08. The van der Waals surface area contributed by atoms with Gasteiger partial charge in [0.1, 0.15) is 18.0 Å². The van der Waals surface area contributed by atoms with Crippen molar-refractivity contribution in [3.63, 3.8) is 0 Å². The number of aromatic nitrogens is 4. The molecule has 23 heavy (non-hydrogen) atoms. The molecule has 5 nitrogen and oxygen atoms in total. The Morgan fingerprint density at radius 1 is 0.870 bits per heavy atom. The maximum absolute atomic E-state index is 4.61. The molecular formula is C18H21N5. The van der Waals surface area contributed by atoms with Gasteiger partial charge in [-0.1, -0.05) is 0 Å². The van der Waals surface area contributed by atoms with Gasteiger partial charge in [0.25, 0.3) is 0 Å². The van der Waals surface area contributed by atoms with Gasteiger partial charge >= 0.3 is 0 Å². The monoisotopic (exact) mass is 307 g/mol. The van der Waals surface area contributed by atoms with Gasteiger partial charge < -0.3 is 4.90 Å². The van der Waals surface area contributed by atoms with Crippen LogP contribution >= 0.6 is 0 Å². The zero-order chi connectivity index (χ0) is 15.2. The highest BCUT2D eigenvalue weighted by atomic mass is 15.3. The molecule has 0 radical (unpaired) electrons. The molecule has 0 spiro atoms. The van der Waals surface area contributed by atoms with Crippen molar-refractivity contribution in [1.82, 2.24) is 19.9 Å². The molecule has 0 N–H and O–H groups in total. The molecule has 1 saturated carbocycles. The molecule has 0 bridgehead atoms. The molecule has 2 aliphatic carbocycles. The number of aryl methyl sites for hydroxylation is 1. The summed E-state index contributed by atoms with van der Waals surface area (Å²) in [5, 5.41) is 0. The summed E-state index contributed by atoms with van der Waals surface area (Å²) in [5.74, 6) is 3.32. The summed E-state index contributed by atoms with van der Waals surface area (Å²) in [4.78, 5) is 20.6. The van der Waals surface area contributed by atoms with E-state index >= 15 is 0 Å². The minimum absolute atomic E-state index is 0.442. The van der Waals surface area contributed by atoms with Gasteiger partial charge in [0, 0.05) is 36.7 Å². The Morgan fingerprint density at radius 2 is 1.65 bits per heavy atom. The van der Waals surface area contributed by atoms with E-state index < -0.39 is 0 Å². The van der Waals surface area contributed by atoms with E-state index in [1.807, 2.05) is 12.4 Å². The fourth-order valence-electron chi connectivity index (χ4n) is 3.78. The van der Waals surface area contributed by atoms with Crippen LogP contribution in [0.2, 0.25) is 0 Å². The number of nitrogens with zero attached hydrogens (tertiary/aromatic N) is 5. The smallest absolute Gasteiger partial charge is 0.135 e. The van der Waals surface area contributed by atoms with E-state index in [-0.39, 0.29) is 0 Å². The Morgan fingerprint density at radius 3 is 2.43 bits per heavy atom. The van der Waals surface area contributed by atoms with Crippen LogP contribution in [-0.4, -0.2) is 33.0 Å².